The third-order valence-electron chi connectivity index (χ3n) is 4.21. The van der Waals surface area contributed by atoms with Gasteiger partial charge in [0.15, 0.2) is 0 Å². The average molecular weight is 431 g/mol. The van der Waals surface area contributed by atoms with Crippen molar-refractivity contribution < 1.29 is 17.9 Å². The Kier molecular flexibility index (Phi) is 6.10. The summed E-state index contributed by atoms with van der Waals surface area (Å²) in [5, 5.41) is 3.28. The van der Waals surface area contributed by atoms with E-state index < -0.39 is 10.0 Å². The lowest BCUT2D eigenvalue weighted by Gasteiger charge is -2.12. The van der Waals surface area contributed by atoms with E-state index in [0.717, 1.165) is 5.56 Å². The number of anilines is 2. The Balaban J connectivity index is 1.76. The molecule has 0 aliphatic rings. The van der Waals surface area contributed by atoms with E-state index in [4.69, 9.17) is 16.3 Å². The maximum absolute atomic E-state index is 12.6. The Bertz CT molecular complexity index is 1150. The van der Waals surface area contributed by atoms with Crippen LogP contribution in [0.3, 0.4) is 0 Å². The van der Waals surface area contributed by atoms with Gasteiger partial charge in [-0.1, -0.05) is 29.8 Å². The highest BCUT2D eigenvalue weighted by atomic mass is 35.5. The van der Waals surface area contributed by atoms with Crippen LogP contribution in [0.25, 0.3) is 0 Å². The van der Waals surface area contributed by atoms with E-state index in [1.54, 1.807) is 42.5 Å². The Morgan fingerprint density at radius 3 is 2.34 bits per heavy atom. The standard InChI is InChI=1S/C21H19ClN2O4S/c1-14-7-10-16(13-18(14)22)23-21(25)15-8-11-17(12-9-15)29(26,27)24-19-5-3-4-6-20(19)28-2/h3-13,24H,1-2H3,(H,23,25). The number of nitrogens with one attached hydrogen (secondary N) is 2. The quantitative estimate of drug-likeness (QED) is 0.593. The second-order valence-electron chi connectivity index (χ2n) is 6.25. The molecule has 1 amide bonds. The van der Waals surface area contributed by atoms with Crippen LogP contribution in [0.15, 0.2) is 71.6 Å². The molecule has 0 saturated carbocycles. The molecule has 0 aliphatic carbocycles. The SMILES string of the molecule is COc1ccccc1NS(=O)(=O)c1ccc(C(=O)Nc2ccc(C)c(Cl)c2)cc1. The van der Waals surface area contributed by atoms with Crippen LogP contribution in [-0.2, 0) is 10.0 Å². The molecular weight excluding hydrogens is 412 g/mol. The smallest absolute Gasteiger partial charge is 0.262 e. The zero-order valence-electron chi connectivity index (χ0n) is 15.8. The van der Waals surface area contributed by atoms with Crippen molar-refractivity contribution in [3.8, 4) is 5.75 Å². The number of sulfonamides is 1. The molecule has 0 heterocycles. The van der Waals surface area contributed by atoms with Crippen molar-refractivity contribution in [1.82, 2.24) is 0 Å². The van der Waals surface area contributed by atoms with Crippen molar-refractivity contribution in [3.63, 3.8) is 0 Å². The first-order valence-corrected chi connectivity index (χ1v) is 10.5. The first kappa shape index (κ1) is 20.7. The molecule has 0 aromatic heterocycles. The molecule has 29 heavy (non-hydrogen) atoms. The fraction of sp³-hybridized carbons (Fsp3) is 0.0952. The van der Waals surface area contributed by atoms with Crippen LogP contribution < -0.4 is 14.8 Å². The highest BCUT2D eigenvalue weighted by Crippen LogP contribution is 2.26. The normalized spacial score (nSPS) is 11.0. The van der Waals surface area contributed by atoms with E-state index in [1.165, 1.54) is 31.4 Å². The molecule has 150 valence electrons. The van der Waals surface area contributed by atoms with Gasteiger partial charge in [-0.3, -0.25) is 9.52 Å². The van der Waals surface area contributed by atoms with Gasteiger partial charge >= 0.3 is 0 Å². The van der Waals surface area contributed by atoms with Crippen LogP contribution >= 0.6 is 11.6 Å². The number of carbonyl (C=O) groups excluding carboxylic acids is 1. The Morgan fingerprint density at radius 1 is 1.00 bits per heavy atom. The number of methoxy groups -OCH3 is 1. The highest BCUT2D eigenvalue weighted by molar-refractivity contribution is 7.92. The van der Waals surface area contributed by atoms with Gasteiger partial charge in [-0.25, -0.2) is 8.42 Å². The summed E-state index contributed by atoms with van der Waals surface area (Å²) in [7, 11) is -2.38. The summed E-state index contributed by atoms with van der Waals surface area (Å²) in [5.41, 5.74) is 2.10. The zero-order valence-corrected chi connectivity index (χ0v) is 17.3. The van der Waals surface area contributed by atoms with Crippen LogP contribution in [0.5, 0.6) is 5.75 Å². The van der Waals surface area contributed by atoms with Crippen LogP contribution in [0.1, 0.15) is 15.9 Å². The van der Waals surface area contributed by atoms with Gasteiger partial charge in [0.05, 0.1) is 17.7 Å². The number of halogens is 1. The van der Waals surface area contributed by atoms with Crippen molar-refractivity contribution in [1.29, 1.82) is 0 Å². The number of hydrogen-bond donors (Lipinski definition) is 2. The molecule has 0 aliphatic heterocycles. The molecule has 3 rings (SSSR count). The number of para-hydroxylation sites is 2. The lowest BCUT2D eigenvalue weighted by Crippen LogP contribution is -2.15. The first-order chi connectivity index (χ1) is 13.8. The summed E-state index contributed by atoms with van der Waals surface area (Å²) in [6.07, 6.45) is 0. The fourth-order valence-electron chi connectivity index (χ4n) is 2.59. The van der Waals surface area contributed by atoms with Gasteiger partial charge in [-0.2, -0.15) is 0 Å². The van der Waals surface area contributed by atoms with Gasteiger partial charge in [-0.15, -0.1) is 0 Å². The highest BCUT2D eigenvalue weighted by Gasteiger charge is 2.17. The molecule has 6 nitrogen and oxygen atoms in total. The van der Waals surface area contributed by atoms with Crippen molar-refractivity contribution in [2.24, 2.45) is 0 Å². The molecule has 8 heteroatoms. The van der Waals surface area contributed by atoms with Gasteiger partial charge in [0.25, 0.3) is 15.9 Å². The third kappa shape index (κ3) is 4.88. The maximum Gasteiger partial charge on any atom is 0.262 e. The predicted molar refractivity (Wildman–Crippen MR) is 114 cm³/mol. The summed E-state index contributed by atoms with van der Waals surface area (Å²) in [5.74, 6) is 0.0374. The number of aryl methyl sites for hydroxylation is 1. The number of rotatable bonds is 6. The van der Waals surface area contributed by atoms with Gasteiger partial charge < -0.3 is 10.1 Å². The summed E-state index contributed by atoms with van der Waals surface area (Å²) in [4.78, 5) is 12.4. The van der Waals surface area contributed by atoms with E-state index >= 15 is 0 Å². The summed E-state index contributed by atoms with van der Waals surface area (Å²) in [6, 6.07) is 17.5. The van der Waals surface area contributed by atoms with E-state index in [0.29, 0.717) is 27.7 Å². The lowest BCUT2D eigenvalue weighted by molar-refractivity contribution is 0.102. The van der Waals surface area contributed by atoms with E-state index in [-0.39, 0.29) is 10.8 Å². The summed E-state index contributed by atoms with van der Waals surface area (Å²) < 4.78 is 32.9. The summed E-state index contributed by atoms with van der Waals surface area (Å²) in [6.45, 7) is 1.87. The van der Waals surface area contributed by atoms with E-state index in [9.17, 15) is 13.2 Å². The van der Waals surface area contributed by atoms with Gasteiger partial charge in [0, 0.05) is 16.3 Å². The molecule has 0 radical (unpaired) electrons. The van der Waals surface area contributed by atoms with E-state index in [1.807, 2.05) is 6.92 Å². The molecule has 0 fully saturated rings. The second kappa shape index (κ2) is 8.55. The van der Waals surface area contributed by atoms with Crippen LogP contribution in [0.4, 0.5) is 11.4 Å². The Labute approximate surface area is 174 Å². The van der Waals surface area contributed by atoms with E-state index in [2.05, 4.69) is 10.0 Å². The molecular formula is C21H19ClN2O4S. The van der Waals surface area contributed by atoms with Crippen molar-refractivity contribution in [2.45, 2.75) is 11.8 Å². The maximum atomic E-state index is 12.6. The molecule has 0 unspecified atom stereocenters. The fourth-order valence-corrected chi connectivity index (χ4v) is 3.84. The average Bonchev–Trinajstić information content (AvgIpc) is 2.71. The minimum absolute atomic E-state index is 0.0262. The van der Waals surface area contributed by atoms with Crippen LogP contribution in [0, 0.1) is 6.92 Å². The molecule has 0 saturated heterocycles. The van der Waals surface area contributed by atoms with Crippen LogP contribution in [-0.4, -0.2) is 21.4 Å². The van der Waals surface area contributed by atoms with Crippen molar-refractivity contribution in [2.75, 3.05) is 17.1 Å². The molecule has 0 bridgehead atoms. The minimum atomic E-state index is -3.84. The largest absolute Gasteiger partial charge is 0.495 e. The number of ether oxygens (including phenoxy) is 1. The molecule has 3 aromatic rings. The molecule has 0 atom stereocenters. The molecule has 0 spiro atoms. The number of benzene rings is 3. The monoisotopic (exact) mass is 430 g/mol. The lowest BCUT2D eigenvalue weighted by atomic mass is 10.2. The third-order valence-corrected chi connectivity index (χ3v) is 6.00. The number of hydrogen-bond acceptors (Lipinski definition) is 4. The summed E-state index contributed by atoms with van der Waals surface area (Å²) >= 11 is 6.07. The minimum Gasteiger partial charge on any atom is -0.495 e. The Morgan fingerprint density at radius 2 is 1.69 bits per heavy atom. The number of carbonyl (C=O) groups is 1. The van der Waals surface area contributed by atoms with Gasteiger partial charge in [0.2, 0.25) is 0 Å². The van der Waals surface area contributed by atoms with Gasteiger partial charge in [-0.05, 0) is 61.0 Å². The van der Waals surface area contributed by atoms with Crippen LogP contribution in [0.2, 0.25) is 5.02 Å². The zero-order chi connectivity index (χ0) is 21.0. The Hall–Kier alpha value is -3.03. The predicted octanol–water partition coefficient (Wildman–Crippen LogP) is 4.71. The van der Waals surface area contributed by atoms with Crippen molar-refractivity contribution in [3.05, 3.63) is 82.9 Å². The number of amides is 1. The molecule has 3 aromatic carbocycles. The first-order valence-electron chi connectivity index (χ1n) is 8.63. The second-order valence-corrected chi connectivity index (χ2v) is 8.34. The van der Waals surface area contributed by atoms with Crippen molar-refractivity contribution >= 4 is 38.9 Å². The molecule has 2 N–H and O–H groups in total. The van der Waals surface area contributed by atoms with Gasteiger partial charge in [0.1, 0.15) is 5.75 Å². The topological polar surface area (TPSA) is 84.5 Å².